The molecule has 0 amide bonds. The summed E-state index contributed by atoms with van der Waals surface area (Å²) in [6.07, 6.45) is 5.90. The fourth-order valence-electron chi connectivity index (χ4n) is 4.36. The Hall–Kier alpha value is -2.90. The van der Waals surface area contributed by atoms with Crippen LogP contribution in [-0.4, -0.2) is 23.6 Å². The monoisotopic (exact) mass is 482 g/mol. The summed E-state index contributed by atoms with van der Waals surface area (Å²) in [7, 11) is 1.68. The van der Waals surface area contributed by atoms with Gasteiger partial charge in [0.1, 0.15) is 28.5 Å². The predicted octanol–water partition coefficient (Wildman–Crippen LogP) is 6.84. The van der Waals surface area contributed by atoms with Crippen molar-refractivity contribution >= 4 is 50.3 Å². The lowest BCUT2D eigenvalue weighted by Gasteiger charge is -2.22. The van der Waals surface area contributed by atoms with Gasteiger partial charge in [0.25, 0.3) is 0 Å². The standard InChI is InChI=1S/C25H24ClFN4OS/c1-32-18-6-3-16(4-7-18)28-11-10-15-2-8-19-22(12-15)33-25-23(19)24(29-14-30-25)31-17-5-9-21(27)20(26)13-17/h3-7,9,13-15,28H,2,8,10-12H2,1H3,(H,29,30,31). The molecule has 0 bridgehead atoms. The first-order valence-corrected chi connectivity index (χ1v) is 12.2. The number of nitrogens with one attached hydrogen (secondary N) is 2. The number of ether oxygens (including phenoxy) is 1. The summed E-state index contributed by atoms with van der Waals surface area (Å²) in [5.74, 6) is 1.82. The van der Waals surface area contributed by atoms with Gasteiger partial charge in [0, 0.05) is 22.8 Å². The molecule has 1 aliphatic rings. The summed E-state index contributed by atoms with van der Waals surface area (Å²) in [4.78, 5) is 11.4. The lowest BCUT2D eigenvalue weighted by atomic mass is 9.86. The molecule has 1 aliphatic carbocycles. The van der Waals surface area contributed by atoms with Gasteiger partial charge in [-0.2, -0.15) is 0 Å². The van der Waals surface area contributed by atoms with Crippen LogP contribution >= 0.6 is 22.9 Å². The van der Waals surface area contributed by atoms with Crippen LogP contribution in [0, 0.1) is 11.7 Å². The quantitative estimate of drug-likeness (QED) is 0.302. The number of hydrogen-bond donors (Lipinski definition) is 2. The Labute approximate surface area is 201 Å². The summed E-state index contributed by atoms with van der Waals surface area (Å²) in [6, 6.07) is 12.6. The average Bonchev–Trinajstić information content (AvgIpc) is 3.21. The van der Waals surface area contributed by atoms with Crippen molar-refractivity contribution < 1.29 is 9.13 Å². The highest BCUT2D eigenvalue weighted by Crippen LogP contribution is 2.41. The largest absolute Gasteiger partial charge is 0.497 e. The lowest BCUT2D eigenvalue weighted by Crippen LogP contribution is -2.16. The average molecular weight is 483 g/mol. The number of benzene rings is 2. The van der Waals surface area contributed by atoms with E-state index < -0.39 is 5.82 Å². The van der Waals surface area contributed by atoms with Crippen LogP contribution < -0.4 is 15.4 Å². The molecule has 33 heavy (non-hydrogen) atoms. The van der Waals surface area contributed by atoms with Crippen molar-refractivity contribution in [2.24, 2.45) is 5.92 Å². The molecule has 170 valence electrons. The summed E-state index contributed by atoms with van der Waals surface area (Å²) < 4.78 is 18.7. The molecule has 4 aromatic rings. The van der Waals surface area contributed by atoms with E-state index in [1.165, 1.54) is 16.5 Å². The molecule has 2 N–H and O–H groups in total. The van der Waals surface area contributed by atoms with Crippen molar-refractivity contribution in [3.63, 3.8) is 0 Å². The molecule has 0 aliphatic heterocycles. The molecule has 8 heteroatoms. The van der Waals surface area contributed by atoms with E-state index in [2.05, 4.69) is 20.6 Å². The van der Waals surface area contributed by atoms with E-state index >= 15 is 0 Å². The molecule has 0 radical (unpaired) electrons. The first kappa shape index (κ1) is 21.9. The highest BCUT2D eigenvalue weighted by molar-refractivity contribution is 7.19. The molecule has 1 atom stereocenters. The maximum Gasteiger partial charge on any atom is 0.142 e. The van der Waals surface area contributed by atoms with E-state index in [0.29, 0.717) is 11.6 Å². The first-order valence-electron chi connectivity index (χ1n) is 11.0. The van der Waals surface area contributed by atoms with Crippen molar-refractivity contribution in [3.8, 4) is 5.75 Å². The molecular formula is C25H24ClFN4OS. The van der Waals surface area contributed by atoms with Gasteiger partial charge in [-0.25, -0.2) is 14.4 Å². The second-order valence-corrected chi connectivity index (χ2v) is 9.70. The zero-order valence-corrected chi connectivity index (χ0v) is 19.8. The fraction of sp³-hybridized carbons (Fsp3) is 0.280. The highest BCUT2D eigenvalue weighted by atomic mass is 35.5. The summed E-state index contributed by atoms with van der Waals surface area (Å²) in [5.41, 5.74) is 3.16. The van der Waals surface area contributed by atoms with Crippen molar-refractivity contribution in [1.29, 1.82) is 0 Å². The van der Waals surface area contributed by atoms with Crippen LogP contribution in [0.3, 0.4) is 0 Å². The first-order chi connectivity index (χ1) is 16.1. The molecule has 5 rings (SSSR count). The number of fused-ring (bicyclic) bond motifs is 3. The van der Waals surface area contributed by atoms with Gasteiger partial charge in [-0.3, -0.25) is 0 Å². The minimum atomic E-state index is -0.435. The Morgan fingerprint density at radius 1 is 1.15 bits per heavy atom. The van der Waals surface area contributed by atoms with Crippen LogP contribution in [0.5, 0.6) is 5.75 Å². The minimum absolute atomic E-state index is 0.0868. The van der Waals surface area contributed by atoms with Crippen LogP contribution in [-0.2, 0) is 12.8 Å². The van der Waals surface area contributed by atoms with Crippen LogP contribution in [0.15, 0.2) is 48.8 Å². The Balaban J connectivity index is 1.28. The number of methoxy groups -OCH3 is 1. The molecule has 0 saturated carbocycles. The van der Waals surface area contributed by atoms with E-state index in [1.807, 2.05) is 24.3 Å². The fourth-order valence-corrected chi connectivity index (χ4v) is 5.84. The molecule has 2 aromatic carbocycles. The molecule has 0 fully saturated rings. The zero-order chi connectivity index (χ0) is 22.8. The van der Waals surface area contributed by atoms with Gasteiger partial charge in [-0.05, 0) is 79.6 Å². The topological polar surface area (TPSA) is 59.1 Å². The number of anilines is 3. The van der Waals surface area contributed by atoms with E-state index in [1.54, 1.807) is 36.9 Å². The van der Waals surface area contributed by atoms with E-state index in [0.717, 1.165) is 59.7 Å². The van der Waals surface area contributed by atoms with Gasteiger partial charge in [0.05, 0.1) is 17.5 Å². The van der Waals surface area contributed by atoms with Crippen molar-refractivity contribution in [2.75, 3.05) is 24.3 Å². The molecule has 5 nitrogen and oxygen atoms in total. The van der Waals surface area contributed by atoms with Gasteiger partial charge >= 0.3 is 0 Å². The van der Waals surface area contributed by atoms with Crippen LogP contribution in [0.4, 0.5) is 21.6 Å². The molecule has 1 unspecified atom stereocenters. The zero-order valence-electron chi connectivity index (χ0n) is 18.2. The molecule has 2 heterocycles. The van der Waals surface area contributed by atoms with E-state index in [-0.39, 0.29) is 5.02 Å². The van der Waals surface area contributed by atoms with Gasteiger partial charge in [-0.15, -0.1) is 11.3 Å². The number of hydrogen-bond acceptors (Lipinski definition) is 6. The Morgan fingerprint density at radius 3 is 2.76 bits per heavy atom. The SMILES string of the molecule is COc1ccc(NCCC2CCc3c(sc4ncnc(Nc5ccc(F)c(Cl)c5)c34)C2)cc1. The van der Waals surface area contributed by atoms with Gasteiger partial charge < -0.3 is 15.4 Å². The second-order valence-electron chi connectivity index (χ2n) is 8.21. The number of thiophene rings is 1. The minimum Gasteiger partial charge on any atom is -0.497 e. The lowest BCUT2D eigenvalue weighted by molar-refractivity contribution is 0.415. The summed E-state index contributed by atoms with van der Waals surface area (Å²) >= 11 is 7.70. The van der Waals surface area contributed by atoms with Crippen molar-refractivity contribution in [1.82, 2.24) is 9.97 Å². The molecule has 2 aromatic heterocycles. The maximum absolute atomic E-state index is 13.5. The van der Waals surface area contributed by atoms with E-state index in [4.69, 9.17) is 16.3 Å². The number of aryl methyl sites for hydroxylation is 1. The van der Waals surface area contributed by atoms with Gasteiger partial charge in [0.2, 0.25) is 0 Å². The van der Waals surface area contributed by atoms with Crippen LogP contribution in [0.25, 0.3) is 10.2 Å². The third-order valence-corrected chi connectivity index (χ3v) is 7.55. The van der Waals surface area contributed by atoms with Crippen molar-refractivity contribution in [3.05, 3.63) is 70.1 Å². The van der Waals surface area contributed by atoms with Crippen molar-refractivity contribution in [2.45, 2.75) is 25.7 Å². The number of aromatic nitrogens is 2. The Kier molecular flexibility index (Phi) is 6.33. The summed E-state index contributed by atoms with van der Waals surface area (Å²) in [6.45, 7) is 0.940. The van der Waals surface area contributed by atoms with Crippen LogP contribution in [0.1, 0.15) is 23.3 Å². The second kappa shape index (κ2) is 9.53. The number of nitrogens with zero attached hydrogens (tertiary/aromatic N) is 2. The normalized spacial score (nSPS) is 15.3. The third-order valence-electron chi connectivity index (χ3n) is 6.10. The number of rotatable bonds is 7. The molecule has 0 spiro atoms. The highest BCUT2D eigenvalue weighted by Gasteiger charge is 2.25. The predicted molar refractivity (Wildman–Crippen MR) is 134 cm³/mol. The summed E-state index contributed by atoms with van der Waals surface area (Å²) in [5, 5.41) is 7.99. The number of halogens is 2. The van der Waals surface area contributed by atoms with Gasteiger partial charge in [0.15, 0.2) is 0 Å². The maximum atomic E-state index is 13.5. The third kappa shape index (κ3) is 4.75. The van der Waals surface area contributed by atoms with Crippen LogP contribution in [0.2, 0.25) is 5.02 Å². The van der Waals surface area contributed by atoms with E-state index in [9.17, 15) is 4.39 Å². The molecular weight excluding hydrogens is 459 g/mol. The Bertz CT molecular complexity index is 1280. The molecule has 0 saturated heterocycles. The van der Waals surface area contributed by atoms with Gasteiger partial charge in [-0.1, -0.05) is 11.6 Å². The Morgan fingerprint density at radius 2 is 1.97 bits per heavy atom. The smallest absolute Gasteiger partial charge is 0.142 e.